The van der Waals surface area contributed by atoms with Crippen LogP contribution in [0.3, 0.4) is 0 Å². The smallest absolute Gasteiger partial charge is 0.147 e. The Labute approximate surface area is 173 Å². The molecule has 4 heteroatoms. The van der Waals surface area contributed by atoms with E-state index in [2.05, 4.69) is 82.1 Å². The molecule has 0 saturated heterocycles. The Bertz CT molecular complexity index is 909. The molecular formula is C24H31N3S. The lowest BCUT2D eigenvalue weighted by Gasteiger charge is -2.25. The van der Waals surface area contributed by atoms with Crippen LogP contribution in [0.1, 0.15) is 63.2 Å². The average molecular weight is 394 g/mol. The molecule has 0 radical (unpaired) electrons. The Morgan fingerprint density at radius 1 is 0.786 bits per heavy atom. The maximum atomic E-state index is 5.77. The van der Waals surface area contributed by atoms with Crippen LogP contribution >= 0.6 is 11.3 Å². The van der Waals surface area contributed by atoms with E-state index in [1.54, 1.807) is 11.3 Å². The topological polar surface area (TPSA) is 51.8 Å². The predicted molar refractivity (Wildman–Crippen MR) is 121 cm³/mol. The van der Waals surface area contributed by atoms with E-state index < -0.39 is 0 Å². The van der Waals surface area contributed by atoms with E-state index in [0.717, 1.165) is 28.5 Å². The van der Waals surface area contributed by atoms with Gasteiger partial charge in [-0.25, -0.2) is 0 Å². The molecule has 0 aliphatic carbocycles. The van der Waals surface area contributed by atoms with Crippen molar-refractivity contribution in [2.75, 3.05) is 5.73 Å². The molecule has 3 nitrogen and oxygen atoms in total. The van der Waals surface area contributed by atoms with E-state index in [1.807, 2.05) is 12.1 Å². The second kappa shape index (κ2) is 7.67. The lowest BCUT2D eigenvalue weighted by atomic mass is 9.79. The van der Waals surface area contributed by atoms with Crippen molar-refractivity contribution < 1.29 is 0 Å². The van der Waals surface area contributed by atoms with Crippen LogP contribution < -0.4 is 5.73 Å². The van der Waals surface area contributed by atoms with Gasteiger partial charge >= 0.3 is 0 Å². The third-order valence-electron chi connectivity index (χ3n) is 4.99. The first-order valence-corrected chi connectivity index (χ1v) is 10.7. The van der Waals surface area contributed by atoms with Crippen LogP contribution in [0.5, 0.6) is 0 Å². The molecule has 1 heterocycles. The minimum atomic E-state index is 0.0959. The van der Waals surface area contributed by atoms with Gasteiger partial charge in [-0.15, -0.1) is 10.2 Å². The number of hydrogen-bond donors (Lipinski definition) is 1. The van der Waals surface area contributed by atoms with Gasteiger partial charge in [0.25, 0.3) is 0 Å². The van der Waals surface area contributed by atoms with Crippen LogP contribution in [0.15, 0.2) is 42.5 Å². The lowest BCUT2D eigenvalue weighted by Crippen LogP contribution is -2.16. The Morgan fingerprint density at radius 2 is 1.36 bits per heavy atom. The molecule has 2 aromatic carbocycles. The number of hydrogen-bond acceptors (Lipinski definition) is 4. The first kappa shape index (κ1) is 20.5. The summed E-state index contributed by atoms with van der Waals surface area (Å²) in [4.78, 5) is 0. The summed E-state index contributed by atoms with van der Waals surface area (Å²) >= 11 is 1.70. The van der Waals surface area contributed by atoms with Gasteiger partial charge < -0.3 is 5.73 Å². The van der Waals surface area contributed by atoms with Crippen molar-refractivity contribution in [1.29, 1.82) is 0 Å². The van der Waals surface area contributed by atoms with Gasteiger partial charge in [-0.05, 0) is 58.2 Å². The summed E-state index contributed by atoms with van der Waals surface area (Å²) in [6.07, 6.45) is 1.84. The first-order chi connectivity index (χ1) is 13.0. The number of rotatable bonds is 4. The zero-order valence-electron chi connectivity index (χ0n) is 17.8. The van der Waals surface area contributed by atoms with Crippen LogP contribution in [-0.4, -0.2) is 10.2 Å². The number of anilines is 1. The van der Waals surface area contributed by atoms with E-state index in [1.165, 1.54) is 22.3 Å². The largest absolute Gasteiger partial charge is 0.399 e. The standard InChI is InChI=1S/C24H31N3S/c1-23(2,3)18-13-17(14-19(15-18)24(4,5)6)22-27-26-21(28-22)12-9-16-7-10-20(25)11-8-16/h7-8,10-11,13-15H,9,12,25H2,1-6H3. The number of nitrogens with two attached hydrogens (primary N) is 1. The summed E-state index contributed by atoms with van der Waals surface area (Å²) in [5.74, 6) is 0. The highest BCUT2D eigenvalue weighted by molar-refractivity contribution is 7.14. The summed E-state index contributed by atoms with van der Waals surface area (Å²) in [5.41, 5.74) is 11.9. The van der Waals surface area contributed by atoms with E-state index in [-0.39, 0.29) is 10.8 Å². The van der Waals surface area contributed by atoms with Crippen LogP contribution in [0.4, 0.5) is 5.69 Å². The molecule has 0 saturated carbocycles. The fraction of sp³-hybridized carbons (Fsp3) is 0.417. The zero-order valence-corrected chi connectivity index (χ0v) is 18.7. The highest BCUT2D eigenvalue weighted by Gasteiger charge is 2.21. The highest BCUT2D eigenvalue weighted by Crippen LogP contribution is 2.35. The second-order valence-electron chi connectivity index (χ2n) is 9.54. The molecular weight excluding hydrogens is 362 g/mol. The molecule has 2 N–H and O–H groups in total. The van der Waals surface area contributed by atoms with Gasteiger partial charge in [0.1, 0.15) is 10.0 Å². The lowest BCUT2D eigenvalue weighted by molar-refractivity contribution is 0.569. The van der Waals surface area contributed by atoms with Crippen molar-refractivity contribution in [3.63, 3.8) is 0 Å². The van der Waals surface area contributed by atoms with Crippen molar-refractivity contribution in [2.45, 2.75) is 65.2 Å². The van der Waals surface area contributed by atoms with Crippen LogP contribution in [0.25, 0.3) is 10.6 Å². The molecule has 0 aliphatic rings. The number of benzene rings is 2. The fourth-order valence-corrected chi connectivity index (χ4v) is 3.85. The summed E-state index contributed by atoms with van der Waals surface area (Å²) in [5, 5.41) is 11.0. The predicted octanol–water partition coefficient (Wildman–Crippen LogP) is 6.17. The molecule has 3 aromatic rings. The molecule has 0 spiro atoms. The van der Waals surface area contributed by atoms with Gasteiger partial charge in [0.2, 0.25) is 0 Å². The number of aryl methyl sites for hydroxylation is 2. The van der Waals surface area contributed by atoms with Crippen LogP contribution in [0.2, 0.25) is 0 Å². The Hall–Kier alpha value is -2.20. The fourth-order valence-electron chi connectivity index (χ4n) is 3.02. The summed E-state index contributed by atoms with van der Waals surface area (Å²) in [6.45, 7) is 13.6. The maximum absolute atomic E-state index is 5.77. The van der Waals surface area contributed by atoms with Gasteiger partial charge in [-0.2, -0.15) is 0 Å². The molecule has 28 heavy (non-hydrogen) atoms. The van der Waals surface area contributed by atoms with E-state index in [9.17, 15) is 0 Å². The third-order valence-corrected chi connectivity index (χ3v) is 6.02. The van der Waals surface area contributed by atoms with E-state index in [0.29, 0.717) is 0 Å². The zero-order chi connectivity index (χ0) is 20.5. The van der Waals surface area contributed by atoms with E-state index >= 15 is 0 Å². The Balaban J connectivity index is 1.86. The molecule has 0 fully saturated rings. The van der Waals surface area contributed by atoms with Crippen molar-refractivity contribution in [1.82, 2.24) is 10.2 Å². The molecule has 0 aliphatic heterocycles. The Morgan fingerprint density at radius 3 is 1.89 bits per heavy atom. The van der Waals surface area contributed by atoms with Gasteiger partial charge in [0.05, 0.1) is 0 Å². The third kappa shape index (κ3) is 4.99. The minimum Gasteiger partial charge on any atom is -0.399 e. The van der Waals surface area contributed by atoms with E-state index in [4.69, 9.17) is 5.73 Å². The first-order valence-electron chi connectivity index (χ1n) is 9.85. The van der Waals surface area contributed by atoms with Gasteiger partial charge in [0, 0.05) is 17.7 Å². The van der Waals surface area contributed by atoms with Crippen molar-refractivity contribution >= 4 is 17.0 Å². The molecule has 0 unspecified atom stereocenters. The normalized spacial score (nSPS) is 12.4. The number of aromatic nitrogens is 2. The molecule has 0 atom stereocenters. The quantitative estimate of drug-likeness (QED) is 0.539. The van der Waals surface area contributed by atoms with Crippen molar-refractivity contribution in [3.8, 4) is 10.6 Å². The number of nitrogen functional groups attached to an aromatic ring is 1. The van der Waals surface area contributed by atoms with Gasteiger partial charge in [-0.1, -0.05) is 71.1 Å². The molecule has 148 valence electrons. The maximum Gasteiger partial charge on any atom is 0.147 e. The summed E-state index contributed by atoms with van der Waals surface area (Å²) in [7, 11) is 0. The second-order valence-corrected chi connectivity index (χ2v) is 10.6. The van der Waals surface area contributed by atoms with Gasteiger partial charge in [-0.3, -0.25) is 0 Å². The molecule has 0 bridgehead atoms. The monoisotopic (exact) mass is 393 g/mol. The summed E-state index contributed by atoms with van der Waals surface area (Å²) < 4.78 is 0. The van der Waals surface area contributed by atoms with Crippen LogP contribution in [0, 0.1) is 0 Å². The van der Waals surface area contributed by atoms with Crippen molar-refractivity contribution in [2.24, 2.45) is 0 Å². The molecule has 1 aromatic heterocycles. The average Bonchev–Trinajstić information content (AvgIpc) is 3.08. The van der Waals surface area contributed by atoms with Crippen LogP contribution in [-0.2, 0) is 23.7 Å². The molecule has 0 amide bonds. The number of nitrogens with zero attached hydrogens (tertiary/aromatic N) is 2. The minimum absolute atomic E-state index is 0.0959. The van der Waals surface area contributed by atoms with Gasteiger partial charge in [0.15, 0.2) is 0 Å². The Kier molecular flexibility index (Phi) is 5.62. The SMILES string of the molecule is CC(C)(C)c1cc(-c2nnc(CCc3ccc(N)cc3)s2)cc(C(C)(C)C)c1. The van der Waals surface area contributed by atoms with Crippen molar-refractivity contribution in [3.05, 3.63) is 64.2 Å². The highest BCUT2D eigenvalue weighted by atomic mass is 32.1. The summed E-state index contributed by atoms with van der Waals surface area (Å²) in [6, 6.07) is 15.0. The molecule has 3 rings (SSSR count).